The van der Waals surface area contributed by atoms with Crippen LogP contribution in [0, 0.1) is 0 Å². The fraction of sp³-hybridized carbons (Fsp3) is 0. The van der Waals surface area contributed by atoms with Crippen LogP contribution in [0.25, 0.3) is 21.5 Å². The molecule has 1 heteroatoms. The second-order valence-corrected chi connectivity index (χ2v) is 11.2. The van der Waals surface area contributed by atoms with Gasteiger partial charge in [-0.1, -0.05) is 109 Å². The van der Waals surface area contributed by atoms with Gasteiger partial charge in [0.15, 0.2) is 0 Å². The lowest BCUT2D eigenvalue weighted by Gasteiger charge is -2.43. The lowest BCUT2D eigenvalue weighted by molar-refractivity contribution is 1.27. The average Bonchev–Trinajstić information content (AvgIpc) is 2.91. The molecule has 0 aliphatic rings. The van der Waals surface area contributed by atoms with Crippen LogP contribution in [-0.2, 0) is 0 Å². The largest absolute Gasteiger partial charge is 0.132 e. The van der Waals surface area contributed by atoms with Crippen LogP contribution in [0.1, 0.15) is 0 Å². The predicted octanol–water partition coefficient (Wildman–Crippen LogP) is 9.33. The van der Waals surface area contributed by atoms with Crippen molar-refractivity contribution in [2.24, 2.45) is 0 Å². The Morgan fingerprint density at radius 2 is 0.667 bits per heavy atom. The first kappa shape index (κ1) is 19.8. The van der Waals surface area contributed by atoms with Crippen molar-refractivity contribution in [3.8, 4) is 0 Å². The van der Waals surface area contributed by atoms with E-state index < -0.39 is 10.0 Å². The molecular weight excluding hydrogens is 416 g/mol. The van der Waals surface area contributed by atoms with Gasteiger partial charge >= 0.3 is 0 Å². The molecule has 0 aromatic heterocycles. The second kappa shape index (κ2) is 8.27. The van der Waals surface area contributed by atoms with Gasteiger partial charge in [0.1, 0.15) is 0 Å². The van der Waals surface area contributed by atoms with E-state index in [1.165, 1.54) is 41.1 Å². The maximum atomic E-state index is 2.35. The Morgan fingerprint density at radius 3 is 1.12 bits per heavy atom. The van der Waals surface area contributed by atoms with Crippen molar-refractivity contribution in [2.75, 3.05) is 0 Å². The van der Waals surface area contributed by atoms with Crippen molar-refractivity contribution in [1.82, 2.24) is 0 Å². The maximum Gasteiger partial charge on any atom is 0.0102 e. The van der Waals surface area contributed by atoms with E-state index in [1.807, 2.05) is 0 Å². The Morgan fingerprint density at radius 1 is 0.303 bits per heavy atom. The predicted molar refractivity (Wildman–Crippen MR) is 141 cm³/mol. The summed E-state index contributed by atoms with van der Waals surface area (Å²) in [6.45, 7) is 0. The van der Waals surface area contributed by atoms with E-state index in [0.717, 1.165) is 0 Å². The number of rotatable bonds is 4. The van der Waals surface area contributed by atoms with E-state index in [0.29, 0.717) is 0 Å². The highest BCUT2D eigenvalue weighted by molar-refractivity contribution is 8.34. The van der Waals surface area contributed by atoms with Crippen molar-refractivity contribution >= 4 is 31.6 Å². The van der Waals surface area contributed by atoms with Crippen LogP contribution in [0.4, 0.5) is 0 Å². The Balaban J connectivity index is 1.87. The standard InChI is InChI=1S/C32H24S/c1-3-17-27(18-4-1)33(28-19-5-2-6-20-28,31-23-11-15-25-13-7-9-21-29(25)31)32-24-12-16-26-14-8-10-22-30(26)32/h1-24H. The summed E-state index contributed by atoms with van der Waals surface area (Å²) < 4.78 is 0. The molecule has 0 bridgehead atoms. The topological polar surface area (TPSA) is 0 Å². The van der Waals surface area contributed by atoms with Gasteiger partial charge < -0.3 is 0 Å². The summed E-state index contributed by atoms with van der Waals surface area (Å²) in [7, 11) is -1.76. The summed E-state index contributed by atoms with van der Waals surface area (Å²) in [5.74, 6) is 0. The van der Waals surface area contributed by atoms with E-state index in [-0.39, 0.29) is 0 Å². The van der Waals surface area contributed by atoms with Crippen LogP contribution < -0.4 is 0 Å². The molecule has 0 atom stereocenters. The molecular formula is C32H24S. The molecule has 0 radical (unpaired) electrons. The quantitative estimate of drug-likeness (QED) is 0.256. The van der Waals surface area contributed by atoms with Crippen LogP contribution in [-0.4, -0.2) is 0 Å². The van der Waals surface area contributed by atoms with Crippen molar-refractivity contribution in [2.45, 2.75) is 19.6 Å². The number of benzene rings is 6. The Bertz CT molecular complexity index is 1420. The van der Waals surface area contributed by atoms with Crippen LogP contribution in [0.2, 0.25) is 0 Å². The lowest BCUT2D eigenvalue weighted by Crippen LogP contribution is -2.06. The SMILES string of the molecule is c1ccc(S(c2ccccc2)(c2cccc3ccccc23)c2cccc3ccccc23)cc1. The van der Waals surface area contributed by atoms with Crippen LogP contribution in [0.3, 0.4) is 0 Å². The summed E-state index contributed by atoms with van der Waals surface area (Å²) in [5, 5.41) is 5.18. The van der Waals surface area contributed by atoms with Gasteiger partial charge in [-0.15, -0.1) is 10.0 Å². The molecule has 0 spiro atoms. The highest BCUT2D eigenvalue weighted by Gasteiger charge is 2.35. The molecule has 33 heavy (non-hydrogen) atoms. The van der Waals surface area contributed by atoms with Crippen LogP contribution in [0.15, 0.2) is 165 Å². The van der Waals surface area contributed by atoms with Gasteiger partial charge in [-0.2, -0.15) is 0 Å². The Kier molecular flexibility index (Phi) is 4.97. The molecule has 0 amide bonds. The van der Waals surface area contributed by atoms with Gasteiger partial charge in [-0.05, 0) is 57.9 Å². The first-order chi connectivity index (χ1) is 16.4. The van der Waals surface area contributed by atoms with E-state index in [9.17, 15) is 0 Å². The highest BCUT2D eigenvalue weighted by atomic mass is 32.3. The molecule has 0 aliphatic heterocycles. The number of hydrogen-bond acceptors (Lipinski definition) is 0. The third kappa shape index (κ3) is 3.16. The van der Waals surface area contributed by atoms with Crippen molar-refractivity contribution in [3.63, 3.8) is 0 Å². The van der Waals surface area contributed by atoms with Gasteiger partial charge in [0.2, 0.25) is 0 Å². The molecule has 0 saturated heterocycles. The minimum Gasteiger partial charge on any atom is -0.132 e. The molecule has 0 N–H and O–H groups in total. The number of hydrogen-bond donors (Lipinski definition) is 0. The lowest BCUT2D eigenvalue weighted by atomic mass is 10.1. The zero-order valence-electron chi connectivity index (χ0n) is 18.3. The third-order valence-corrected chi connectivity index (χ3v) is 10.3. The molecule has 0 fully saturated rings. The summed E-state index contributed by atoms with van der Waals surface area (Å²) >= 11 is 0. The summed E-state index contributed by atoms with van der Waals surface area (Å²) in [6, 6.07) is 53.4. The van der Waals surface area contributed by atoms with Crippen molar-refractivity contribution in [3.05, 3.63) is 146 Å². The summed E-state index contributed by atoms with van der Waals surface area (Å²) in [4.78, 5) is 5.47. The van der Waals surface area contributed by atoms with E-state index in [2.05, 4.69) is 146 Å². The maximum absolute atomic E-state index is 2.35. The van der Waals surface area contributed by atoms with Gasteiger partial charge in [0.25, 0.3) is 0 Å². The van der Waals surface area contributed by atoms with E-state index >= 15 is 0 Å². The number of fused-ring (bicyclic) bond motifs is 2. The van der Waals surface area contributed by atoms with Gasteiger partial charge in [-0.3, -0.25) is 0 Å². The monoisotopic (exact) mass is 440 g/mol. The van der Waals surface area contributed by atoms with Gasteiger partial charge in [-0.25, -0.2) is 0 Å². The Hall–Kier alpha value is -3.81. The van der Waals surface area contributed by atoms with E-state index in [4.69, 9.17) is 0 Å². The molecule has 0 nitrogen and oxygen atoms in total. The molecule has 0 aliphatic carbocycles. The van der Waals surface area contributed by atoms with Crippen molar-refractivity contribution in [1.29, 1.82) is 0 Å². The minimum absolute atomic E-state index is 1.28. The molecule has 6 aromatic carbocycles. The van der Waals surface area contributed by atoms with Gasteiger partial charge in [0, 0.05) is 19.6 Å². The first-order valence-electron chi connectivity index (χ1n) is 11.3. The average molecular weight is 441 g/mol. The first-order valence-corrected chi connectivity index (χ1v) is 12.9. The van der Waals surface area contributed by atoms with Crippen molar-refractivity contribution < 1.29 is 0 Å². The molecule has 158 valence electrons. The third-order valence-electron chi connectivity index (χ3n) is 6.35. The van der Waals surface area contributed by atoms with Crippen LogP contribution in [0.5, 0.6) is 0 Å². The highest BCUT2D eigenvalue weighted by Crippen LogP contribution is 2.75. The minimum atomic E-state index is -1.76. The van der Waals surface area contributed by atoms with Crippen LogP contribution >= 0.6 is 10.0 Å². The molecule has 0 heterocycles. The van der Waals surface area contributed by atoms with Gasteiger partial charge in [0.05, 0.1) is 0 Å². The molecule has 6 aromatic rings. The van der Waals surface area contributed by atoms with E-state index in [1.54, 1.807) is 0 Å². The fourth-order valence-electron chi connectivity index (χ4n) is 4.94. The molecule has 0 unspecified atom stereocenters. The smallest absolute Gasteiger partial charge is 0.0102 e. The summed E-state index contributed by atoms with van der Waals surface area (Å²) in [6.07, 6.45) is 0. The summed E-state index contributed by atoms with van der Waals surface area (Å²) in [5.41, 5.74) is 0. The second-order valence-electron chi connectivity index (χ2n) is 8.19. The zero-order chi connectivity index (χ0) is 22.1. The fourth-order valence-corrected chi connectivity index (χ4v) is 9.19. The Labute approximate surface area is 196 Å². The molecule has 6 rings (SSSR count). The molecule has 0 saturated carbocycles. The normalized spacial score (nSPS) is 12.1. The zero-order valence-corrected chi connectivity index (χ0v) is 19.1.